The van der Waals surface area contributed by atoms with Gasteiger partial charge in [0, 0.05) is 37.6 Å². The third-order valence-corrected chi connectivity index (χ3v) is 4.55. The third kappa shape index (κ3) is 5.48. The summed E-state index contributed by atoms with van der Waals surface area (Å²) >= 11 is 0. The summed E-state index contributed by atoms with van der Waals surface area (Å²) in [6.07, 6.45) is 0.907. The second kappa shape index (κ2) is 9.43. The van der Waals surface area contributed by atoms with E-state index in [1.54, 1.807) is 6.07 Å². The van der Waals surface area contributed by atoms with Gasteiger partial charge in [-0.2, -0.15) is 0 Å². The van der Waals surface area contributed by atoms with Gasteiger partial charge in [0.15, 0.2) is 0 Å². The molecular weight excluding hydrogens is 342 g/mol. The molecule has 7 nitrogen and oxygen atoms in total. The van der Waals surface area contributed by atoms with Gasteiger partial charge in [0.2, 0.25) is 5.95 Å². The maximum absolute atomic E-state index is 12.5. The molecule has 3 rings (SSSR count). The number of aryl methyl sites for hydroxylation is 2. The Morgan fingerprint density at radius 2 is 2.00 bits per heavy atom. The second-order valence-electron chi connectivity index (χ2n) is 6.56. The first-order valence-electron chi connectivity index (χ1n) is 9.44. The molecule has 1 aromatic carbocycles. The van der Waals surface area contributed by atoms with Gasteiger partial charge in [-0.05, 0) is 31.0 Å². The van der Waals surface area contributed by atoms with E-state index in [-0.39, 0.29) is 5.91 Å². The Kier molecular flexibility index (Phi) is 6.73. The molecule has 0 unspecified atom stereocenters. The van der Waals surface area contributed by atoms with Gasteiger partial charge in [0.05, 0.1) is 13.2 Å². The summed E-state index contributed by atoms with van der Waals surface area (Å²) in [7, 11) is 0. The minimum atomic E-state index is -0.180. The number of para-hydroxylation sites is 1. The first kappa shape index (κ1) is 19.3. The molecule has 0 bridgehead atoms. The fourth-order valence-electron chi connectivity index (χ4n) is 3.05. The summed E-state index contributed by atoms with van der Waals surface area (Å²) < 4.78 is 5.34. The van der Waals surface area contributed by atoms with Crippen LogP contribution in [0, 0.1) is 6.92 Å². The van der Waals surface area contributed by atoms with E-state index in [9.17, 15) is 4.79 Å². The van der Waals surface area contributed by atoms with Crippen LogP contribution in [0.4, 0.5) is 11.6 Å². The maximum Gasteiger partial charge on any atom is 0.270 e. The zero-order valence-corrected chi connectivity index (χ0v) is 16.0. The van der Waals surface area contributed by atoms with Crippen molar-refractivity contribution in [1.29, 1.82) is 0 Å². The molecule has 1 saturated heterocycles. The topological polar surface area (TPSA) is 79.4 Å². The van der Waals surface area contributed by atoms with E-state index in [1.807, 2.05) is 25.1 Å². The number of rotatable bonds is 7. The van der Waals surface area contributed by atoms with Crippen molar-refractivity contribution in [3.8, 4) is 0 Å². The molecule has 0 saturated carbocycles. The Morgan fingerprint density at radius 1 is 1.22 bits per heavy atom. The molecule has 0 radical (unpaired) electrons. The average Bonchev–Trinajstić information content (AvgIpc) is 2.68. The van der Waals surface area contributed by atoms with Gasteiger partial charge in [-0.15, -0.1) is 0 Å². The van der Waals surface area contributed by atoms with Crippen molar-refractivity contribution in [3.05, 3.63) is 47.3 Å². The number of aromatic nitrogens is 2. The molecule has 0 atom stereocenters. The van der Waals surface area contributed by atoms with Gasteiger partial charge >= 0.3 is 0 Å². The summed E-state index contributed by atoms with van der Waals surface area (Å²) in [5.74, 6) is 0.259. The second-order valence-corrected chi connectivity index (χ2v) is 6.56. The lowest BCUT2D eigenvalue weighted by molar-refractivity contribution is 0.0383. The zero-order valence-electron chi connectivity index (χ0n) is 16.0. The Balaban J connectivity index is 1.62. The van der Waals surface area contributed by atoms with Crippen LogP contribution in [0.15, 0.2) is 30.3 Å². The van der Waals surface area contributed by atoms with Crippen LogP contribution in [0.5, 0.6) is 0 Å². The number of anilines is 2. The molecule has 1 aromatic heterocycles. The average molecular weight is 369 g/mol. The predicted molar refractivity (Wildman–Crippen MR) is 105 cm³/mol. The highest BCUT2D eigenvalue weighted by Crippen LogP contribution is 2.19. The summed E-state index contributed by atoms with van der Waals surface area (Å²) in [4.78, 5) is 23.6. The maximum atomic E-state index is 12.5. The summed E-state index contributed by atoms with van der Waals surface area (Å²) in [5, 5.41) is 6.19. The van der Waals surface area contributed by atoms with Crippen LogP contribution in [-0.4, -0.2) is 60.2 Å². The molecule has 2 N–H and O–H groups in total. The number of carbonyl (C=O) groups is 1. The highest BCUT2D eigenvalue weighted by atomic mass is 16.5. The van der Waals surface area contributed by atoms with Crippen molar-refractivity contribution in [2.24, 2.45) is 0 Å². The third-order valence-electron chi connectivity index (χ3n) is 4.55. The van der Waals surface area contributed by atoms with Gasteiger partial charge in [-0.3, -0.25) is 9.69 Å². The molecule has 7 heteroatoms. The summed E-state index contributed by atoms with van der Waals surface area (Å²) in [6.45, 7) is 8.70. The quantitative estimate of drug-likeness (QED) is 0.779. The monoisotopic (exact) mass is 369 g/mol. The molecule has 27 heavy (non-hydrogen) atoms. The Bertz CT molecular complexity index is 775. The normalized spacial score (nSPS) is 14.7. The van der Waals surface area contributed by atoms with Gasteiger partial charge in [0.25, 0.3) is 5.91 Å². The van der Waals surface area contributed by atoms with Crippen molar-refractivity contribution in [2.75, 3.05) is 44.7 Å². The number of hydrogen-bond acceptors (Lipinski definition) is 6. The first-order chi connectivity index (χ1) is 13.2. The van der Waals surface area contributed by atoms with Crippen molar-refractivity contribution in [2.45, 2.75) is 20.3 Å². The largest absolute Gasteiger partial charge is 0.379 e. The van der Waals surface area contributed by atoms with Crippen LogP contribution in [0.3, 0.4) is 0 Å². The lowest BCUT2D eigenvalue weighted by atomic mass is 10.1. The molecule has 1 fully saturated rings. The van der Waals surface area contributed by atoms with E-state index in [0.29, 0.717) is 18.2 Å². The Morgan fingerprint density at radius 3 is 2.78 bits per heavy atom. The lowest BCUT2D eigenvalue weighted by Gasteiger charge is -2.26. The van der Waals surface area contributed by atoms with Crippen LogP contribution in [-0.2, 0) is 11.2 Å². The molecule has 1 aliphatic rings. The fraction of sp³-hybridized carbons (Fsp3) is 0.450. The number of carbonyl (C=O) groups excluding carboxylic acids is 1. The SMILES string of the molecule is CCc1ccccc1Nc1nc(C)cc(C(=O)NCCN2CCOCC2)n1. The highest BCUT2D eigenvalue weighted by Gasteiger charge is 2.13. The van der Waals surface area contributed by atoms with E-state index in [4.69, 9.17) is 4.74 Å². The number of nitrogens with one attached hydrogen (secondary N) is 2. The van der Waals surface area contributed by atoms with Crippen molar-refractivity contribution in [3.63, 3.8) is 0 Å². The molecule has 0 spiro atoms. The van der Waals surface area contributed by atoms with Crippen molar-refractivity contribution < 1.29 is 9.53 Å². The smallest absolute Gasteiger partial charge is 0.270 e. The molecule has 2 heterocycles. The van der Waals surface area contributed by atoms with Crippen LogP contribution in [0.2, 0.25) is 0 Å². The van der Waals surface area contributed by atoms with E-state index < -0.39 is 0 Å². The van der Waals surface area contributed by atoms with Crippen molar-refractivity contribution in [1.82, 2.24) is 20.2 Å². The summed E-state index contributed by atoms with van der Waals surface area (Å²) in [5.41, 5.74) is 3.27. The van der Waals surface area contributed by atoms with E-state index in [1.165, 1.54) is 5.56 Å². The number of morpholine rings is 1. The first-order valence-corrected chi connectivity index (χ1v) is 9.44. The molecule has 144 valence electrons. The minimum absolute atomic E-state index is 0.180. The van der Waals surface area contributed by atoms with Gasteiger partial charge in [0.1, 0.15) is 5.69 Å². The zero-order chi connectivity index (χ0) is 19.1. The lowest BCUT2D eigenvalue weighted by Crippen LogP contribution is -2.41. The Labute approximate surface area is 160 Å². The number of benzene rings is 1. The molecule has 1 aliphatic heterocycles. The van der Waals surface area contributed by atoms with Crippen LogP contribution < -0.4 is 10.6 Å². The van der Waals surface area contributed by atoms with Gasteiger partial charge in [-0.1, -0.05) is 25.1 Å². The molecular formula is C20H27N5O2. The predicted octanol–water partition coefficient (Wildman–Crippen LogP) is 2.15. The minimum Gasteiger partial charge on any atom is -0.379 e. The highest BCUT2D eigenvalue weighted by molar-refractivity contribution is 5.92. The van der Waals surface area contributed by atoms with E-state index in [0.717, 1.165) is 50.7 Å². The number of hydrogen-bond donors (Lipinski definition) is 2. The Hall–Kier alpha value is -2.51. The molecule has 2 aromatic rings. The number of ether oxygens (including phenoxy) is 1. The summed E-state index contributed by atoms with van der Waals surface area (Å²) in [6, 6.07) is 9.75. The molecule has 0 aliphatic carbocycles. The number of amides is 1. The van der Waals surface area contributed by atoms with E-state index in [2.05, 4.69) is 38.5 Å². The molecule has 1 amide bonds. The van der Waals surface area contributed by atoms with Crippen LogP contribution in [0.1, 0.15) is 28.7 Å². The van der Waals surface area contributed by atoms with Crippen LogP contribution in [0.25, 0.3) is 0 Å². The fourth-order valence-corrected chi connectivity index (χ4v) is 3.05. The van der Waals surface area contributed by atoms with Crippen molar-refractivity contribution >= 4 is 17.5 Å². The van der Waals surface area contributed by atoms with Crippen LogP contribution >= 0.6 is 0 Å². The van der Waals surface area contributed by atoms with E-state index >= 15 is 0 Å². The number of nitrogens with zero attached hydrogens (tertiary/aromatic N) is 3. The standard InChI is InChI=1S/C20H27N5O2/c1-3-16-6-4-5-7-17(16)23-20-22-15(2)14-18(24-20)19(26)21-8-9-25-10-12-27-13-11-25/h4-7,14H,3,8-13H2,1-2H3,(H,21,26)(H,22,23,24). The van der Waals surface area contributed by atoms with Gasteiger partial charge < -0.3 is 15.4 Å². The van der Waals surface area contributed by atoms with Gasteiger partial charge in [-0.25, -0.2) is 9.97 Å².